The summed E-state index contributed by atoms with van der Waals surface area (Å²) in [6, 6.07) is 0. The Hall–Kier alpha value is -1.29. The number of alkyl halides is 1. The summed E-state index contributed by atoms with van der Waals surface area (Å²) < 4.78 is 7.19. The summed E-state index contributed by atoms with van der Waals surface area (Å²) in [5.41, 5.74) is 6.64. The molecule has 1 fully saturated rings. The molecule has 1 aliphatic heterocycles. The number of nitrogens with two attached hydrogens (primary N) is 1. The minimum Gasteiger partial charge on any atom is -0.394 e. The molecule has 1 aliphatic rings. The summed E-state index contributed by atoms with van der Waals surface area (Å²) in [5.74, 6) is 0.269. The zero-order valence-corrected chi connectivity index (χ0v) is 11.3. The van der Waals surface area contributed by atoms with Crippen LogP contribution in [-0.4, -0.2) is 53.4 Å². The average Bonchev–Trinajstić information content (AvgIpc) is 2.94. The normalized spacial score (nSPS) is 31.1. The van der Waals surface area contributed by atoms with Gasteiger partial charge in [0.2, 0.25) is 0 Å². The van der Waals surface area contributed by atoms with Crippen molar-refractivity contribution in [1.82, 2.24) is 19.5 Å². The second-order valence-corrected chi connectivity index (χ2v) is 5.32. The molecular formula is C10H12BrN5O3. The number of aliphatic hydroxyl groups is 2. The number of aliphatic hydroxyl groups excluding tert-OH is 2. The molecule has 3 rings (SSSR count). The Morgan fingerprint density at radius 3 is 2.89 bits per heavy atom. The molecule has 19 heavy (non-hydrogen) atoms. The average molecular weight is 330 g/mol. The van der Waals surface area contributed by atoms with E-state index in [0.717, 1.165) is 0 Å². The van der Waals surface area contributed by atoms with Crippen molar-refractivity contribution in [2.24, 2.45) is 0 Å². The van der Waals surface area contributed by atoms with Crippen LogP contribution in [0.2, 0.25) is 0 Å². The maximum Gasteiger partial charge on any atom is 0.167 e. The zero-order valence-electron chi connectivity index (χ0n) is 9.72. The van der Waals surface area contributed by atoms with E-state index in [4.69, 9.17) is 10.5 Å². The fourth-order valence-electron chi connectivity index (χ4n) is 2.14. The van der Waals surface area contributed by atoms with E-state index in [0.29, 0.717) is 11.2 Å². The number of hydrogen-bond donors (Lipinski definition) is 3. The Morgan fingerprint density at radius 1 is 1.42 bits per heavy atom. The van der Waals surface area contributed by atoms with Gasteiger partial charge in [-0.2, -0.15) is 0 Å². The van der Waals surface area contributed by atoms with E-state index in [2.05, 4.69) is 30.9 Å². The van der Waals surface area contributed by atoms with Crippen molar-refractivity contribution >= 4 is 32.9 Å². The molecule has 4 N–H and O–H groups in total. The van der Waals surface area contributed by atoms with Crippen LogP contribution in [0.5, 0.6) is 0 Å². The summed E-state index contributed by atoms with van der Waals surface area (Å²) in [6.07, 6.45) is 0.818. The van der Waals surface area contributed by atoms with Gasteiger partial charge in [0.15, 0.2) is 17.7 Å². The smallest absolute Gasteiger partial charge is 0.167 e. The third kappa shape index (κ3) is 1.89. The van der Waals surface area contributed by atoms with Gasteiger partial charge < -0.3 is 20.7 Å². The monoisotopic (exact) mass is 329 g/mol. The maximum atomic E-state index is 10.2. The molecule has 8 nitrogen and oxygen atoms in total. The SMILES string of the molecule is Nc1ncnc2c1ncn2[C@@H]1O[C@H](CO)C(Br)C1O. The number of aromatic nitrogens is 4. The van der Waals surface area contributed by atoms with Crippen LogP contribution in [0, 0.1) is 0 Å². The van der Waals surface area contributed by atoms with Gasteiger partial charge in [0.1, 0.15) is 17.9 Å². The van der Waals surface area contributed by atoms with Crippen LogP contribution < -0.4 is 5.73 Å². The molecule has 2 aromatic heterocycles. The molecule has 2 aromatic rings. The third-order valence-electron chi connectivity index (χ3n) is 3.13. The van der Waals surface area contributed by atoms with Gasteiger partial charge in [-0.1, -0.05) is 15.9 Å². The predicted molar refractivity (Wildman–Crippen MR) is 69.5 cm³/mol. The van der Waals surface area contributed by atoms with Crippen LogP contribution in [-0.2, 0) is 4.74 Å². The molecule has 0 amide bonds. The lowest BCUT2D eigenvalue weighted by atomic mass is 10.2. The zero-order chi connectivity index (χ0) is 13.6. The third-order valence-corrected chi connectivity index (χ3v) is 4.26. The maximum absolute atomic E-state index is 10.2. The molecule has 0 spiro atoms. The van der Waals surface area contributed by atoms with Crippen LogP contribution in [0.25, 0.3) is 11.2 Å². The fraction of sp³-hybridized carbons (Fsp3) is 0.500. The first-order valence-corrected chi connectivity index (χ1v) is 6.56. The van der Waals surface area contributed by atoms with Crippen LogP contribution in [0.15, 0.2) is 12.7 Å². The fourth-order valence-corrected chi connectivity index (χ4v) is 2.69. The number of halogens is 1. The number of nitrogens with zero attached hydrogens (tertiary/aromatic N) is 4. The van der Waals surface area contributed by atoms with Crippen molar-refractivity contribution < 1.29 is 14.9 Å². The molecule has 1 saturated heterocycles. The highest BCUT2D eigenvalue weighted by molar-refractivity contribution is 9.09. The molecule has 2 unspecified atom stereocenters. The lowest BCUT2D eigenvalue weighted by Gasteiger charge is -2.16. The van der Waals surface area contributed by atoms with Gasteiger partial charge >= 0.3 is 0 Å². The highest BCUT2D eigenvalue weighted by atomic mass is 79.9. The van der Waals surface area contributed by atoms with Crippen molar-refractivity contribution in [1.29, 1.82) is 0 Å². The molecule has 4 atom stereocenters. The van der Waals surface area contributed by atoms with Gasteiger partial charge in [0.05, 0.1) is 23.9 Å². The summed E-state index contributed by atoms with van der Waals surface area (Å²) in [4.78, 5) is 11.7. The number of hydrogen-bond acceptors (Lipinski definition) is 7. The number of nitrogen functional groups attached to an aromatic ring is 1. The van der Waals surface area contributed by atoms with E-state index in [1.807, 2.05) is 0 Å². The number of ether oxygens (including phenoxy) is 1. The molecule has 0 bridgehead atoms. The van der Waals surface area contributed by atoms with Crippen LogP contribution >= 0.6 is 15.9 Å². The van der Waals surface area contributed by atoms with Crippen LogP contribution in [0.4, 0.5) is 5.82 Å². The standard InChI is InChI=1S/C10H12BrN5O3/c11-5-4(1-17)19-10(7(5)18)16-3-15-6-8(12)13-2-14-9(6)16/h2-5,7,10,17-18H,1H2,(H2,12,13,14)/t4-,5?,7?,10-/m1/s1. The van der Waals surface area contributed by atoms with Gasteiger partial charge in [-0.25, -0.2) is 15.0 Å². The molecule has 102 valence electrons. The van der Waals surface area contributed by atoms with Crippen molar-refractivity contribution in [3.05, 3.63) is 12.7 Å². The number of anilines is 1. The largest absolute Gasteiger partial charge is 0.394 e. The molecular weight excluding hydrogens is 318 g/mol. The Bertz CT molecular complexity index is 606. The van der Waals surface area contributed by atoms with Gasteiger partial charge in [0.25, 0.3) is 0 Å². The first-order chi connectivity index (χ1) is 9.13. The Morgan fingerprint density at radius 2 is 2.21 bits per heavy atom. The lowest BCUT2D eigenvalue weighted by Crippen LogP contribution is -2.28. The quantitative estimate of drug-likeness (QED) is 0.630. The number of rotatable bonds is 2. The molecule has 9 heteroatoms. The van der Waals surface area contributed by atoms with Gasteiger partial charge in [0, 0.05) is 0 Å². The first-order valence-electron chi connectivity index (χ1n) is 5.65. The lowest BCUT2D eigenvalue weighted by molar-refractivity contribution is -0.0486. The molecule has 3 heterocycles. The topological polar surface area (TPSA) is 119 Å². The van der Waals surface area contributed by atoms with E-state index in [1.54, 1.807) is 4.57 Å². The highest BCUT2D eigenvalue weighted by Gasteiger charge is 2.43. The second-order valence-electron chi connectivity index (χ2n) is 4.27. The van der Waals surface area contributed by atoms with E-state index >= 15 is 0 Å². The van der Waals surface area contributed by atoms with E-state index in [9.17, 15) is 10.2 Å². The van der Waals surface area contributed by atoms with E-state index < -0.39 is 18.4 Å². The van der Waals surface area contributed by atoms with Crippen molar-refractivity contribution in [3.63, 3.8) is 0 Å². The second kappa shape index (κ2) is 4.67. The van der Waals surface area contributed by atoms with Crippen molar-refractivity contribution in [2.45, 2.75) is 23.3 Å². The predicted octanol–water partition coefficient (Wildman–Crippen LogP) is -0.577. The molecule has 0 aliphatic carbocycles. The van der Waals surface area contributed by atoms with Gasteiger partial charge in [-0.3, -0.25) is 4.57 Å². The minimum absolute atomic E-state index is 0.187. The Kier molecular flexibility index (Phi) is 3.13. The van der Waals surface area contributed by atoms with Gasteiger partial charge in [-0.05, 0) is 0 Å². The van der Waals surface area contributed by atoms with Crippen molar-refractivity contribution in [2.75, 3.05) is 12.3 Å². The van der Waals surface area contributed by atoms with Crippen molar-refractivity contribution in [3.8, 4) is 0 Å². The summed E-state index contributed by atoms with van der Waals surface area (Å²) in [6.45, 7) is -0.187. The Labute approximate surface area is 116 Å². The first kappa shape index (κ1) is 12.7. The summed E-state index contributed by atoms with van der Waals surface area (Å²) >= 11 is 3.31. The van der Waals surface area contributed by atoms with Gasteiger partial charge in [-0.15, -0.1) is 0 Å². The van der Waals surface area contributed by atoms with E-state index in [1.165, 1.54) is 12.7 Å². The Balaban J connectivity index is 2.04. The summed E-state index contributed by atoms with van der Waals surface area (Å²) in [7, 11) is 0. The summed E-state index contributed by atoms with van der Waals surface area (Å²) in [5, 5.41) is 19.3. The van der Waals surface area contributed by atoms with E-state index in [-0.39, 0.29) is 17.3 Å². The number of fused-ring (bicyclic) bond motifs is 1. The number of imidazole rings is 1. The highest BCUT2D eigenvalue weighted by Crippen LogP contribution is 2.35. The molecule has 0 radical (unpaired) electrons. The molecule has 0 saturated carbocycles. The van der Waals surface area contributed by atoms with Crippen LogP contribution in [0.1, 0.15) is 6.23 Å². The minimum atomic E-state index is -0.828. The molecule has 0 aromatic carbocycles. The van der Waals surface area contributed by atoms with Crippen LogP contribution in [0.3, 0.4) is 0 Å².